The summed E-state index contributed by atoms with van der Waals surface area (Å²) in [4.78, 5) is 0. The molecule has 106 valence electrons. The topological polar surface area (TPSA) is 55.5 Å². The summed E-state index contributed by atoms with van der Waals surface area (Å²) < 4.78 is 6.01. The number of rotatable bonds is 6. The molecule has 0 aliphatic rings. The fourth-order valence-corrected chi connectivity index (χ4v) is 2.13. The van der Waals surface area contributed by atoms with Gasteiger partial charge in [0.05, 0.1) is 0 Å². The smallest absolute Gasteiger partial charge is 0.138 e. The Bertz CT molecular complexity index is 508. The summed E-state index contributed by atoms with van der Waals surface area (Å²) >= 11 is 0. The lowest BCUT2D eigenvalue weighted by Crippen LogP contribution is -2.29. The number of nitrogens with two attached hydrogens (primary N) is 1. The van der Waals surface area contributed by atoms with Gasteiger partial charge in [-0.2, -0.15) is 0 Å². The van der Waals surface area contributed by atoms with Crippen LogP contribution in [0.25, 0.3) is 0 Å². The quantitative estimate of drug-likeness (QED) is 0.849. The van der Waals surface area contributed by atoms with Gasteiger partial charge in [-0.25, -0.2) is 0 Å². The van der Waals surface area contributed by atoms with Crippen LogP contribution >= 0.6 is 0 Å². The Morgan fingerprint density at radius 2 is 1.70 bits per heavy atom. The van der Waals surface area contributed by atoms with E-state index in [0.717, 1.165) is 16.9 Å². The van der Waals surface area contributed by atoms with Crippen molar-refractivity contribution in [3.8, 4) is 5.75 Å². The molecule has 0 heterocycles. The number of hydrogen-bond acceptors (Lipinski definition) is 3. The van der Waals surface area contributed by atoms with E-state index in [1.54, 1.807) is 0 Å². The zero-order valence-corrected chi connectivity index (χ0v) is 11.7. The van der Waals surface area contributed by atoms with Gasteiger partial charge in [0, 0.05) is 12.6 Å². The first-order valence-electron chi connectivity index (χ1n) is 6.87. The first-order valence-corrected chi connectivity index (χ1v) is 6.87. The molecule has 20 heavy (non-hydrogen) atoms. The second kappa shape index (κ2) is 7.08. The van der Waals surface area contributed by atoms with Gasteiger partial charge in [0.1, 0.15) is 11.9 Å². The van der Waals surface area contributed by atoms with E-state index >= 15 is 0 Å². The summed E-state index contributed by atoms with van der Waals surface area (Å²) in [6.45, 7) is 2.10. The summed E-state index contributed by atoms with van der Waals surface area (Å²) in [7, 11) is 0. The molecule has 2 unspecified atom stereocenters. The van der Waals surface area contributed by atoms with Crippen molar-refractivity contribution in [3.63, 3.8) is 0 Å². The molecule has 3 heteroatoms. The molecule has 2 aromatic carbocycles. The van der Waals surface area contributed by atoms with E-state index in [1.807, 2.05) is 61.5 Å². The maximum absolute atomic E-state index is 8.91. The van der Waals surface area contributed by atoms with Crippen LogP contribution in [0.3, 0.4) is 0 Å². The predicted octanol–water partition coefficient (Wildman–Crippen LogP) is 2.69. The lowest BCUT2D eigenvalue weighted by molar-refractivity contribution is 0.180. The summed E-state index contributed by atoms with van der Waals surface area (Å²) in [5, 5.41) is 8.91. The van der Waals surface area contributed by atoms with Crippen molar-refractivity contribution in [1.82, 2.24) is 0 Å². The molecule has 0 bridgehead atoms. The van der Waals surface area contributed by atoms with Crippen molar-refractivity contribution in [2.24, 2.45) is 5.73 Å². The van der Waals surface area contributed by atoms with Crippen molar-refractivity contribution < 1.29 is 9.84 Å². The Hall–Kier alpha value is -1.84. The molecule has 0 aliphatic heterocycles. The molecular weight excluding hydrogens is 250 g/mol. The van der Waals surface area contributed by atoms with Gasteiger partial charge in [-0.1, -0.05) is 42.5 Å². The number of benzene rings is 2. The third-order valence-electron chi connectivity index (χ3n) is 3.19. The Kier molecular flexibility index (Phi) is 5.16. The van der Waals surface area contributed by atoms with Crippen molar-refractivity contribution >= 4 is 0 Å². The van der Waals surface area contributed by atoms with Gasteiger partial charge in [-0.3, -0.25) is 0 Å². The van der Waals surface area contributed by atoms with Crippen LogP contribution in [-0.4, -0.2) is 17.8 Å². The average molecular weight is 271 g/mol. The zero-order valence-electron chi connectivity index (χ0n) is 11.7. The molecule has 0 saturated carbocycles. The fraction of sp³-hybridized carbons (Fsp3) is 0.294. The molecule has 0 amide bonds. The zero-order chi connectivity index (χ0) is 14.4. The molecule has 2 rings (SSSR count). The highest BCUT2D eigenvalue weighted by molar-refractivity contribution is 5.29. The van der Waals surface area contributed by atoms with Gasteiger partial charge < -0.3 is 15.6 Å². The monoisotopic (exact) mass is 271 g/mol. The molecule has 2 atom stereocenters. The van der Waals surface area contributed by atoms with E-state index in [-0.39, 0.29) is 18.8 Å². The van der Waals surface area contributed by atoms with E-state index in [0.29, 0.717) is 6.42 Å². The van der Waals surface area contributed by atoms with Crippen LogP contribution < -0.4 is 10.5 Å². The van der Waals surface area contributed by atoms with E-state index in [2.05, 4.69) is 0 Å². The van der Waals surface area contributed by atoms with E-state index < -0.39 is 0 Å². The first kappa shape index (κ1) is 14.6. The van der Waals surface area contributed by atoms with Crippen LogP contribution in [0.15, 0.2) is 54.6 Å². The second-order valence-corrected chi connectivity index (χ2v) is 4.93. The maximum atomic E-state index is 8.91. The van der Waals surface area contributed by atoms with Crippen molar-refractivity contribution in [3.05, 3.63) is 65.7 Å². The fourth-order valence-electron chi connectivity index (χ4n) is 2.13. The van der Waals surface area contributed by atoms with Crippen molar-refractivity contribution in [1.29, 1.82) is 0 Å². The Labute approximate surface area is 120 Å². The highest BCUT2D eigenvalue weighted by Crippen LogP contribution is 2.24. The Morgan fingerprint density at radius 3 is 2.25 bits per heavy atom. The minimum Gasteiger partial charge on any atom is -0.484 e. The number of aliphatic hydroxyl groups excluding tert-OH is 1. The van der Waals surface area contributed by atoms with Crippen LogP contribution in [0.2, 0.25) is 0 Å². The summed E-state index contributed by atoms with van der Waals surface area (Å²) in [6.07, 6.45) is 0.496. The van der Waals surface area contributed by atoms with Crippen LogP contribution in [-0.2, 0) is 6.42 Å². The van der Waals surface area contributed by atoms with Gasteiger partial charge >= 0.3 is 0 Å². The highest BCUT2D eigenvalue weighted by Gasteiger charge is 2.17. The first-order chi connectivity index (χ1) is 9.70. The number of aliphatic hydroxyl groups is 1. The standard InChI is InChI=1S/C17H21NO2/c1-13(18)17(15-5-3-2-4-6-15)20-16-9-7-14(8-10-16)11-12-19/h2-10,13,17,19H,11-12,18H2,1H3. The lowest BCUT2D eigenvalue weighted by Gasteiger charge is -2.23. The average Bonchev–Trinajstić information content (AvgIpc) is 2.47. The summed E-state index contributed by atoms with van der Waals surface area (Å²) in [5.41, 5.74) is 8.20. The molecule has 0 aliphatic carbocycles. The Balaban J connectivity index is 2.12. The molecular formula is C17H21NO2. The molecule has 0 spiro atoms. The predicted molar refractivity (Wildman–Crippen MR) is 80.7 cm³/mol. The SMILES string of the molecule is CC(N)C(Oc1ccc(CCO)cc1)c1ccccc1. The number of ether oxygens (including phenoxy) is 1. The highest BCUT2D eigenvalue weighted by atomic mass is 16.5. The molecule has 0 saturated heterocycles. The lowest BCUT2D eigenvalue weighted by atomic mass is 10.0. The van der Waals surface area contributed by atoms with Gasteiger partial charge in [-0.05, 0) is 36.6 Å². The maximum Gasteiger partial charge on any atom is 0.138 e. The Morgan fingerprint density at radius 1 is 1.05 bits per heavy atom. The van der Waals surface area contributed by atoms with Gasteiger partial charge in [0.15, 0.2) is 0 Å². The summed E-state index contributed by atoms with van der Waals surface area (Å²) in [6, 6.07) is 17.7. The largest absolute Gasteiger partial charge is 0.484 e. The van der Waals surface area contributed by atoms with Crippen molar-refractivity contribution in [2.45, 2.75) is 25.5 Å². The van der Waals surface area contributed by atoms with E-state index in [4.69, 9.17) is 15.6 Å². The minimum absolute atomic E-state index is 0.102. The minimum atomic E-state index is -0.167. The van der Waals surface area contributed by atoms with Crippen LogP contribution in [0.5, 0.6) is 5.75 Å². The number of hydrogen-bond donors (Lipinski definition) is 2. The molecule has 0 aromatic heterocycles. The van der Waals surface area contributed by atoms with E-state index in [1.165, 1.54) is 0 Å². The molecule has 3 nitrogen and oxygen atoms in total. The van der Waals surface area contributed by atoms with E-state index in [9.17, 15) is 0 Å². The van der Waals surface area contributed by atoms with Crippen LogP contribution in [0, 0.1) is 0 Å². The van der Waals surface area contributed by atoms with Crippen molar-refractivity contribution in [2.75, 3.05) is 6.61 Å². The van der Waals surface area contributed by atoms with Gasteiger partial charge in [0.25, 0.3) is 0 Å². The summed E-state index contributed by atoms with van der Waals surface area (Å²) in [5.74, 6) is 0.790. The van der Waals surface area contributed by atoms with Gasteiger partial charge in [0.2, 0.25) is 0 Å². The molecule has 0 fully saturated rings. The normalized spacial score (nSPS) is 13.8. The van der Waals surface area contributed by atoms with Gasteiger partial charge in [-0.15, -0.1) is 0 Å². The van der Waals surface area contributed by atoms with Crippen LogP contribution in [0.4, 0.5) is 0 Å². The third kappa shape index (κ3) is 3.83. The molecule has 0 radical (unpaired) electrons. The second-order valence-electron chi connectivity index (χ2n) is 4.93. The van der Waals surface area contributed by atoms with Crippen LogP contribution in [0.1, 0.15) is 24.2 Å². The third-order valence-corrected chi connectivity index (χ3v) is 3.19. The molecule has 2 aromatic rings. The molecule has 3 N–H and O–H groups in total.